The molecule has 2 aromatic rings. The molecule has 0 fully saturated rings. The molecule has 7 nitrogen and oxygen atoms in total. The van der Waals surface area contributed by atoms with E-state index in [9.17, 15) is 0 Å². The van der Waals surface area contributed by atoms with Gasteiger partial charge < -0.3 is 10.5 Å². The Morgan fingerprint density at radius 1 is 1.33 bits per heavy atom. The Bertz CT molecular complexity index is 480. The molecule has 78 valence electrons. The van der Waals surface area contributed by atoms with Gasteiger partial charge in [0.1, 0.15) is 5.69 Å². The second-order valence-corrected chi connectivity index (χ2v) is 2.88. The SMILES string of the molecule is COc1nc(N)nc(-c2ccn(C)n2)n1. The van der Waals surface area contributed by atoms with Crippen LogP contribution in [0.1, 0.15) is 0 Å². The van der Waals surface area contributed by atoms with Crippen LogP contribution in [0.2, 0.25) is 0 Å². The molecule has 2 rings (SSSR count). The first-order valence-electron chi connectivity index (χ1n) is 4.24. The van der Waals surface area contributed by atoms with Gasteiger partial charge in [0.2, 0.25) is 5.95 Å². The standard InChI is InChI=1S/C8H10N6O/c1-14-4-3-5(13-14)6-10-7(9)12-8(11-6)15-2/h3-4H,1-2H3,(H2,9,10,11,12). The van der Waals surface area contributed by atoms with E-state index in [1.165, 1.54) is 7.11 Å². The van der Waals surface area contributed by atoms with Crippen LogP contribution in [0, 0.1) is 0 Å². The Morgan fingerprint density at radius 3 is 2.73 bits per heavy atom. The molecule has 7 heteroatoms. The van der Waals surface area contributed by atoms with E-state index in [1.54, 1.807) is 16.9 Å². The quantitative estimate of drug-likeness (QED) is 0.735. The van der Waals surface area contributed by atoms with Crippen molar-refractivity contribution in [3.05, 3.63) is 12.3 Å². The molecular weight excluding hydrogens is 196 g/mol. The Kier molecular flexibility index (Phi) is 2.20. The highest BCUT2D eigenvalue weighted by Crippen LogP contribution is 2.14. The highest BCUT2D eigenvalue weighted by atomic mass is 16.5. The Morgan fingerprint density at radius 2 is 2.13 bits per heavy atom. The Balaban J connectivity index is 2.48. The predicted octanol–water partition coefficient (Wildman–Crippen LogP) is -0.137. The average Bonchev–Trinajstić information content (AvgIpc) is 2.64. The van der Waals surface area contributed by atoms with E-state index >= 15 is 0 Å². The minimum Gasteiger partial charge on any atom is -0.467 e. The molecular formula is C8H10N6O. The maximum atomic E-state index is 5.50. The van der Waals surface area contributed by atoms with Crippen LogP contribution in [0.3, 0.4) is 0 Å². The maximum Gasteiger partial charge on any atom is 0.321 e. The first-order valence-corrected chi connectivity index (χ1v) is 4.24. The van der Waals surface area contributed by atoms with Crippen molar-refractivity contribution in [2.75, 3.05) is 12.8 Å². The van der Waals surface area contributed by atoms with E-state index in [-0.39, 0.29) is 12.0 Å². The third-order valence-corrected chi connectivity index (χ3v) is 1.76. The topological polar surface area (TPSA) is 91.7 Å². The number of anilines is 1. The van der Waals surface area contributed by atoms with E-state index in [2.05, 4.69) is 20.1 Å². The lowest BCUT2D eigenvalue weighted by molar-refractivity contribution is 0.379. The number of ether oxygens (including phenoxy) is 1. The second kappa shape index (κ2) is 3.52. The predicted molar refractivity (Wildman–Crippen MR) is 53.0 cm³/mol. The molecule has 2 heterocycles. The van der Waals surface area contributed by atoms with Crippen LogP contribution < -0.4 is 10.5 Å². The highest BCUT2D eigenvalue weighted by Gasteiger charge is 2.08. The zero-order valence-electron chi connectivity index (χ0n) is 8.38. The first-order chi connectivity index (χ1) is 7.19. The van der Waals surface area contributed by atoms with E-state index in [0.29, 0.717) is 11.5 Å². The number of nitrogen functional groups attached to an aromatic ring is 1. The van der Waals surface area contributed by atoms with Crippen molar-refractivity contribution < 1.29 is 4.74 Å². The van der Waals surface area contributed by atoms with Crippen molar-refractivity contribution in [2.24, 2.45) is 7.05 Å². The number of hydrogen-bond donors (Lipinski definition) is 1. The van der Waals surface area contributed by atoms with Crippen molar-refractivity contribution in [3.63, 3.8) is 0 Å². The van der Waals surface area contributed by atoms with E-state index < -0.39 is 0 Å². The lowest BCUT2D eigenvalue weighted by atomic mass is 10.4. The molecule has 0 saturated carbocycles. The van der Waals surface area contributed by atoms with Gasteiger partial charge in [-0.05, 0) is 6.07 Å². The van der Waals surface area contributed by atoms with Gasteiger partial charge in [-0.2, -0.15) is 20.1 Å². The van der Waals surface area contributed by atoms with Gasteiger partial charge in [0.25, 0.3) is 0 Å². The molecule has 2 N–H and O–H groups in total. The summed E-state index contributed by atoms with van der Waals surface area (Å²) in [7, 11) is 3.28. The summed E-state index contributed by atoms with van der Waals surface area (Å²) >= 11 is 0. The molecule has 0 aliphatic carbocycles. The van der Waals surface area contributed by atoms with Gasteiger partial charge >= 0.3 is 6.01 Å². The van der Waals surface area contributed by atoms with Gasteiger partial charge in [0, 0.05) is 13.2 Å². The highest BCUT2D eigenvalue weighted by molar-refractivity contribution is 5.49. The van der Waals surface area contributed by atoms with Crippen LogP contribution in [0.5, 0.6) is 6.01 Å². The maximum absolute atomic E-state index is 5.50. The summed E-state index contributed by atoms with van der Waals surface area (Å²) in [6, 6.07) is 1.97. The van der Waals surface area contributed by atoms with E-state index in [0.717, 1.165) is 0 Å². The van der Waals surface area contributed by atoms with Gasteiger partial charge in [-0.25, -0.2) is 0 Å². The molecule has 0 aliphatic rings. The van der Waals surface area contributed by atoms with Gasteiger partial charge in [0.05, 0.1) is 7.11 Å². The number of aromatic nitrogens is 5. The van der Waals surface area contributed by atoms with Crippen LogP contribution in [-0.4, -0.2) is 31.8 Å². The van der Waals surface area contributed by atoms with Crippen LogP contribution in [0.4, 0.5) is 5.95 Å². The molecule has 0 atom stereocenters. The molecule has 15 heavy (non-hydrogen) atoms. The van der Waals surface area contributed by atoms with Crippen LogP contribution in [0.25, 0.3) is 11.5 Å². The largest absolute Gasteiger partial charge is 0.467 e. The summed E-state index contributed by atoms with van der Waals surface area (Å²) in [5.41, 5.74) is 6.13. The minimum absolute atomic E-state index is 0.113. The van der Waals surface area contributed by atoms with Crippen LogP contribution >= 0.6 is 0 Å². The Labute approximate surface area is 85.9 Å². The smallest absolute Gasteiger partial charge is 0.321 e. The molecule has 0 aromatic carbocycles. The number of methoxy groups -OCH3 is 1. The molecule has 0 spiro atoms. The van der Waals surface area contributed by atoms with Gasteiger partial charge in [-0.1, -0.05) is 0 Å². The van der Waals surface area contributed by atoms with Gasteiger partial charge in [-0.3, -0.25) is 4.68 Å². The number of rotatable bonds is 2. The van der Waals surface area contributed by atoms with Crippen molar-refractivity contribution in [2.45, 2.75) is 0 Å². The lowest BCUT2D eigenvalue weighted by Crippen LogP contribution is -2.03. The summed E-state index contributed by atoms with van der Waals surface area (Å²) in [4.78, 5) is 11.8. The van der Waals surface area contributed by atoms with Crippen molar-refractivity contribution >= 4 is 5.95 Å². The first kappa shape index (κ1) is 9.38. The summed E-state index contributed by atoms with van der Waals surface area (Å²) in [5, 5.41) is 4.15. The fourth-order valence-corrected chi connectivity index (χ4v) is 1.11. The fourth-order valence-electron chi connectivity index (χ4n) is 1.11. The normalized spacial score (nSPS) is 10.3. The summed E-state index contributed by atoms with van der Waals surface area (Å²) < 4.78 is 6.54. The fraction of sp³-hybridized carbons (Fsp3) is 0.250. The molecule has 2 aromatic heterocycles. The van der Waals surface area contributed by atoms with E-state index in [4.69, 9.17) is 10.5 Å². The molecule has 0 unspecified atom stereocenters. The lowest BCUT2D eigenvalue weighted by Gasteiger charge is -2.00. The summed E-state index contributed by atoms with van der Waals surface area (Å²) in [6.07, 6.45) is 1.79. The molecule has 0 radical (unpaired) electrons. The van der Waals surface area contributed by atoms with Crippen LogP contribution in [-0.2, 0) is 7.05 Å². The van der Waals surface area contributed by atoms with Gasteiger partial charge in [-0.15, -0.1) is 0 Å². The monoisotopic (exact) mass is 206 g/mol. The van der Waals surface area contributed by atoms with Gasteiger partial charge in [0.15, 0.2) is 5.82 Å². The Hall–Kier alpha value is -2.18. The zero-order valence-corrected chi connectivity index (χ0v) is 8.38. The summed E-state index contributed by atoms with van der Waals surface area (Å²) in [6.45, 7) is 0. The third-order valence-electron chi connectivity index (χ3n) is 1.76. The van der Waals surface area contributed by atoms with Crippen molar-refractivity contribution in [3.8, 4) is 17.5 Å². The van der Waals surface area contributed by atoms with Crippen LogP contribution in [0.15, 0.2) is 12.3 Å². The zero-order chi connectivity index (χ0) is 10.8. The van der Waals surface area contributed by atoms with E-state index in [1.807, 2.05) is 7.05 Å². The minimum atomic E-state index is 0.113. The molecule has 0 aliphatic heterocycles. The number of nitrogens with zero attached hydrogens (tertiary/aromatic N) is 5. The second-order valence-electron chi connectivity index (χ2n) is 2.88. The number of nitrogens with two attached hydrogens (primary N) is 1. The number of aryl methyl sites for hydroxylation is 1. The van der Waals surface area contributed by atoms with Crippen molar-refractivity contribution in [1.29, 1.82) is 0 Å². The molecule has 0 bridgehead atoms. The summed E-state index contributed by atoms with van der Waals surface area (Å²) in [5.74, 6) is 0.516. The molecule has 0 amide bonds. The number of hydrogen-bond acceptors (Lipinski definition) is 6. The molecule has 0 saturated heterocycles. The average molecular weight is 206 g/mol. The third kappa shape index (κ3) is 1.85. The van der Waals surface area contributed by atoms with Crippen molar-refractivity contribution in [1.82, 2.24) is 24.7 Å².